The van der Waals surface area contributed by atoms with E-state index in [1.54, 1.807) is 12.1 Å². The molecule has 22 heavy (non-hydrogen) atoms. The van der Waals surface area contributed by atoms with Crippen molar-refractivity contribution in [2.75, 3.05) is 51.1 Å². The first kappa shape index (κ1) is 16.7. The third-order valence-electron chi connectivity index (χ3n) is 4.23. The number of rotatable bonds is 7. The third kappa shape index (κ3) is 4.68. The first-order chi connectivity index (χ1) is 10.6. The minimum atomic E-state index is -0.320. The highest BCUT2D eigenvalue weighted by Gasteiger charge is 2.15. The van der Waals surface area contributed by atoms with Crippen molar-refractivity contribution >= 4 is 11.4 Å². The molecule has 1 aliphatic heterocycles. The van der Waals surface area contributed by atoms with Gasteiger partial charge in [0.1, 0.15) is 5.69 Å². The van der Waals surface area contributed by atoms with Crippen molar-refractivity contribution in [2.24, 2.45) is 0 Å². The number of nitrogens with zero attached hydrogens (tertiary/aromatic N) is 3. The molecule has 1 saturated heterocycles. The van der Waals surface area contributed by atoms with Gasteiger partial charge < -0.3 is 15.1 Å². The summed E-state index contributed by atoms with van der Waals surface area (Å²) in [7, 11) is 0. The molecule has 0 saturated carbocycles. The van der Waals surface area contributed by atoms with Gasteiger partial charge >= 0.3 is 0 Å². The van der Waals surface area contributed by atoms with Crippen LogP contribution >= 0.6 is 0 Å². The van der Waals surface area contributed by atoms with Crippen molar-refractivity contribution in [1.82, 2.24) is 9.80 Å². The lowest BCUT2D eigenvalue weighted by molar-refractivity contribution is -0.384. The Morgan fingerprint density at radius 3 is 2.55 bits per heavy atom. The van der Waals surface area contributed by atoms with E-state index in [1.165, 1.54) is 0 Å². The third-order valence-corrected chi connectivity index (χ3v) is 4.23. The number of anilines is 1. The van der Waals surface area contributed by atoms with Gasteiger partial charge in [-0.15, -0.1) is 0 Å². The van der Waals surface area contributed by atoms with Gasteiger partial charge in [-0.3, -0.25) is 10.1 Å². The van der Waals surface area contributed by atoms with Crippen LogP contribution in [0, 0.1) is 17.0 Å². The SMILES string of the molecule is CCN1CCN(CCCNc2ccc(C)cc2[N+](=O)[O-])CC1. The van der Waals surface area contributed by atoms with Crippen molar-refractivity contribution in [3.05, 3.63) is 33.9 Å². The van der Waals surface area contributed by atoms with Gasteiger partial charge in [-0.05, 0) is 38.1 Å². The van der Waals surface area contributed by atoms with Crippen LogP contribution in [0.1, 0.15) is 18.9 Å². The van der Waals surface area contributed by atoms with Crippen LogP contribution < -0.4 is 5.32 Å². The molecule has 122 valence electrons. The van der Waals surface area contributed by atoms with Gasteiger partial charge in [-0.2, -0.15) is 0 Å². The molecule has 6 heteroatoms. The molecule has 1 aromatic carbocycles. The second-order valence-corrected chi connectivity index (χ2v) is 5.83. The lowest BCUT2D eigenvalue weighted by Crippen LogP contribution is -2.46. The molecule has 0 amide bonds. The maximum atomic E-state index is 11.1. The van der Waals surface area contributed by atoms with Crippen LogP contribution in [0.15, 0.2) is 18.2 Å². The van der Waals surface area contributed by atoms with Gasteiger partial charge in [0.2, 0.25) is 0 Å². The Bertz CT molecular complexity index is 499. The summed E-state index contributed by atoms with van der Waals surface area (Å²) in [6.45, 7) is 11.5. The zero-order chi connectivity index (χ0) is 15.9. The average molecular weight is 306 g/mol. The highest BCUT2D eigenvalue weighted by atomic mass is 16.6. The maximum absolute atomic E-state index is 11.1. The second-order valence-electron chi connectivity index (χ2n) is 5.83. The predicted molar refractivity (Wildman–Crippen MR) is 89.5 cm³/mol. The van der Waals surface area contributed by atoms with Gasteiger partial charge in [-0.1, -0.05) is 13.0 Å². The Kier molecular flexibility index (Phi) is 6.15. The number of benzene rings is 1. The number of nitro groups is 1. The highest BCUT2D eigenvalue weighted by molar-refractivity contribution is 5.62. The van der Waals surface area contributed by atoms with Crippen LogP contribution in [0.25, 0.3) is 0 Å². The minimum Gasteiger partial charge on any atom is -0.379 e. The van der Waals surface area contributed by atoms with E-state index < -0.39 is 0 Å². The second kappa shape index (κ2) is 8.10. The van der Waals surface area contributed by atoms with Crippen molar-refractivity contribution in [3.8, 4) is 0 Å². The van der Waals surface area contributed by atoms with E-state index in [0.717, 1.165) is 57.8 Å². The standard InChI is InChI=1S/C16H26N4O2/c1-3-18-9-11-19(12-10-18)8-4-7-17-15-6-5-14(2)13-16(15)20(21)22/h5-6,13,17H,3-4,7-12H2,1-2H3. The number of aryl methyl sites for hydroxylation is 1. The molecular formula is C16H26N4O2. The summed E-state index contributed by atoms with van der Waals surface area (Å²) < 4.78 is 0. The Balaban J connectivity index is 1.74. The molecule has 0 aliphatic carbocycles. The summed E-state index contributed by atoms with van der Waals surface area (Å²) in [5, 5.41) is 14.3. The summed E-state index contributed by atoms with van der Waals surface area (Å²) in [4.78, 5) is 15.7. The number of hydrogen-bond donors (Lipinski definition) is 1. The van der Waals surface area contributed by atoms with E-state index in [2.05, 4.69) is 22.0 Å². The summed E-state index contributed by atoms with van der Waals surface area (Å²) in [6, 6.07) is 5.32. The molecule has 0 aromatic heterocycles. The monoisotopic (exact) mass is 306 g/mol. The van der Waals surface area contributed by atoms with E-state index in [0.29, 0.717) is 5.69 Å². The van der Waals surface area contributed by atoms with Crippen LogP contribution in [0.4, 0.5) is 11.4 Å². The van der Waals surface area contributed by atoms with E-state index in [4.69, 9.17) is 0 Å². The van der Waals surface area contributed by atoms with Crippen molar-refractivity contribution < 1.29 is 4.92 Å². The molecule has 0 spiro atoms. The number of hydrogen-bond acceptors (Lipinski definition) is 5. The molecule has 1 aliphatic rings. The fourth-order valence-electron chi connectivity index (χ4n) is 2.80. The van der Waals surface area contributed by atoms with E-state index >= 15 is 0 Å². The quantitative estimate of drug-likeness (QED) is 0.476. The number of likely N-dealkylation sites (N-methyl/N-ethyl adjacent to an activating group) is 1. The maximum Gasteiger partial charge on any atom is 0.292 e. The number of nitro benzene ring substituents is 1. The topological polar surface area (TPSA) is 61.6 Å². The first-order valence-corrected chi connectivity index (χ1v) is 8.03. The number of piperazine rings is 1. The Morgan fingerprint density at radius 1 is 1.23 bits per heavy atom. The van der Waals surface area contributed by atoms with Crippen LogP contribution in [-0.4, -0.2) is 60.5 Å². The average Bonchev–Trinajstić information content (AvgIpc) is 2.53. The molecule has 1 heterocycles. The van der Waals surface area contributed by atoms with E-state index in [-0.39, 0.29) is 10.6 Å². The van der Waals surface area contributed by atoms with Gasteiger partial charge in [-0.25, -0.2) is 0 Å². The van der Waals surface area contributed by atoms with E-state index in [9.17, 15) is 10.1 Å². The molecule has 0 unspecified atom stereocenters. The largest absolute Gasteiger partial charge is 0.379 e. The van der Waals surface area contributed by atoms with E-state index in [1.807, 2.05) is 13.0 Å². The van der Waals surface area contributed by atoms with Crippen molar-refractivity contribution in [3.63, 3.8) is 0 Å². The molecule has 0 radical (unpaired) electrons. The first-order valence-electron chi connectivity index (χ1n) is 8.03. The molecule has 0 atom stereocenters. The lowest BCUT2D eigenvalue weighted by Gasteiger charge is -2.34. The summed E-state index contributed by atoms with van der Waals surface area (Å²) in [5.74, 6) is 0. The summed E-state index contributed by atoms with van der Waals surface area (Å²) in [5.41, 5.74) is 1.69. The lowest BCUT2D eigenvalue weighted by atomic mass is 10.2. The van der Waals surface area contributed by atoms with Crippen LogP contribution in [-0.2, 0) is 0 Å². The van der Waals surface area contributed by atoms with Gasteiger partial charge in [0.05, 0.1) is 4.92 Å². The number of nitrogens with one attached hydrogen (secondary N) is 1. The van der Waals surface area contributed by atoms with Crippen LogP contribution in [0.2, 0.25) is 0 Å². The fourth-order valence-corrected chi connectivity index (χ4v) is 2.80. The molecular weight excluding hydrogens is 280 g/mol. The van der Waals surface area contributed by atoms with Gasteiger partial charge in [0, 0.05) is 38.8 Å². The van der Waals surface area contributed by atoms with Crippen molar-refractivity contribution in [2.45, 2.75) is 20.3 Å². The Hall–Kier alpha value is -1.66. The Labute approximate surface area is 132 Å². The Morgan fingerprint density at radius 2 is 1.91 bits per heavy atom. The normalized spacial score (nSPS) is 16.6. The van der Waals surface area contributed by atoms with Crippen LogP contribution in [0.5, 0.6) is 0 Å². The highest BCUT2D eigenvalue weighted by Crippen LogP contribution is 2.25. The minimum absolute atomic E-state index is 0.163. The van der Waals surface area contributed by atoms with Gasteiger partial charge in [0.15, 0.2) is 0 Å². The van der Waals surface area contributed by atoms with Gasteiger partial charge in [0.25, 0.3) is 5.69 Å². The predicted octanol–water partition coefficient (Wildman–Crippen LogP) is 2.34. The molecule has 2 rings (SSSR count). The zero-order valence-electron chi connectivity index (χ0n) is 13.5. The molecule has 1 aromatic rings. The fraction of sp³-hybridized carbons (Fsp3) is 0.625. The zero-order valence-corrected chi connectivity index (χ0v) is 13.5. The summed E-state index contributed by atoms with van der Waals surface area (Å²) in [6.07, 6.45) is 0.997. The smallest absolute Gasteiger partial charge is 0.292 e. The molecule has 0 bridgehead atoms. The molecule has 1 N–H and O–H groups in total. The molecule has 6 nitrogen and oxygen atoms in total. The van der Waals surface area contributed by atoms with Crippen LogP contribution in [0.3, 0.4) is 0 Å². The summed E-state index contributed by atoms with van der Waals surface area (Å²) >= 11 is 0. The van der Waals surface area contributed by atoms with Crippen molar-refractivity contribution in [1.29, 1.82) is 0 Å². The molecule has 1 fully saturated rings.